The molecule has 1 rings (SSSR count). The second-order valence-corrected chi connectivity index (χ2v) is 2.91. The Bertz CT molecular complexity index is 121. The molecular formula is C7H16N2O2. The summed E-state index contributed by atoms with van der Waals surface area (Å²) < 4.78 is 5.41. The molecule has 66 valence electrons. The minimum absolute atomic E-state index is 0.114. The lowest BCUT2D eigenvalue weighted by Gasteiger charge is -2.11. The van der Waals surface area contributed by atoms with Crippen molar-refractivity contribution in [3.05, 3.63) is 0 Å². The topological polar surface area (TPSA) is 81.5 Å². The molecule has 0 amide bonds. The standard InChI is InChI=1S/C7H16N2O2/c8-2-1-5-3-6(10)7(4-9)11-5/h5-7,10H,1-4,8-9H2/t5-,6+,7-/m1/s1. The van der Waals surface area contributed by atoms with E-state index in [2.05, 4.69) is 0 Å². The Kier molecular flexibility index (Phi) is 3.26. The first-order chi connectivity index (χ1) is 5.27. The molecule has 0 aliphatic carbocycles. The van der Waals surface area contributed by atoms with Crippen LogP contribution in [0.5, 0.6) is 0 Å². The van der Waals surface area contributed by atoms with Crippen molar-refractivity contribution >= 4 is 0 Å². The van der Waals surface area contributed by atoms with Crippen LogP contribution in [0, 0.1) is 0 Å². The molecule has 0 unspecified atom stereocenters. The van der Waals surface area contributed by atoms with Gasteiger partial charge in [-0.1, -0.05) is 0 Å². The van der Waals surface area contributed by atoms with Crippen LogP contribution in [0.15, 0.2) is 0 Å². The van der Waals surface area contributed by atoms with Gasteiger partial charge in [0, 0.05) is 13.0 Å². The largest absolute Gasteiger partial charge is 0.390 e. The highest BCUT2D eigenvalue weighted by atomic mass is 16.5. The SMILES string of the molecule is NCC[C@@H]1C[C@H](O)[C@@H](CN)O1. The van der Waals surface area contributed by atoms with Crippen LogP contribution in [0.1, 0.15) is 12.8 Å². The maximum absolute atomic E-state index is 9.34. The van der Waals surface area contributed by atoms with E-state index in [9.17, 15) is 5.11 Å². The summed E-state index contributed by atoms with van der Waals surface area (Å²) in [7, 11) is 0. The number of rotatable bonds is 3. The van der Waals surface area contributed by atoms with Gasteiger partial charge in [0.05, 0.1) is 18.3 Å². The molecule has 5 N–H and O–H groups in total. The molecule has 0 spiro atoms. The van der Waals surface area contributed by atoms with E-state index >= 15 is 0 Å². The van der Waals surface area contributed by atoms with E-state index in [1.54, 1.807) is 0 Å². The lowest BCUT2D eigenvalue weighted by atomic mass is 10.1. The Morgan fingerprint density at radius 2 is 2.18 bits per heavy atom. The summed E-state index contributed by atoms with van der Waals surface area (Å²) in [5.74, 6) is 0. The molecule has 1 heterocycles. The maximum Gasteiger partial charge on any atom is 0.0960 e. The smallest absolute Gasteiger partial charge is 0.0960 e. The minimum atomic E-state index is -0.392. The van der Waals surface area contributed by atoms with E-state index in [1.807, 2.05) is 0 Å². The third kappa shape index (κ3) is 2.13. The van der Waals surface area contributed by atoms with E-state index in [1.165, 1.54) is 0 Å². The van der Waals surface area contributed by atoms with Crippen molar-refractivity contribution in [1.29, 1.82) is 0 Å². The summed E-state index contributed by atoms with van der Waals surface area (Å²) in [6.45, 7) is 0.997. The van der Waals surface area contributed by atoms with Gasteiger partial charge in [-0.05, 0) is 13.0 Å². The van der Waals surface area contributed by atoms with Gasteiger partial charge in [0.1, 0.15) is 0 Å². The Morgan fingerprint density at radius 1 is 1.45 bits per heavy atom. The van der Waals surface area contributed by atoms with Crippen LogP contribution in [-0.2, 0) is 4.74 Å². The zero-order valence-corrected chi connectivity index (χ0v) is 6.57. The second kappa shape index (κ2) is 4.01. The minimum Gasteiger partial charge on any atom is -0.390 e. The third-order valence-electron chi connectivity index (χ3n) is 2.02. The van der Waals surface area contributed by atoms with Gasteiger partial charge in [0.15, 0.2) is 0 Å². The highest BCUT2D eigenvalue weighted by Gasteiger charge is 2.31. The van der Waals surface area contributed by atoms with Crippen molar-refractivity contribution in [2.45, 2.75) is 31.2 Å². The molecule has 4 heteroatoms. The van der Waals surface area contributed by atoms with Gasteiger partial charge in [0.25, 0.3) is 0 Å². The second-order valence-electron chi connectivity index (χ2n) is 2.91. The average molecular weight is 160 g/mol. The molecule has 0 aromatic carbocycles. The predicted octanol–water partition coefficient (Wildman–Crippen LogP) is -1.19. The Morgan fingerprint density at radius 3 is 2.64 bits per heavy atom. The molecule has 1 aliphatic rings. The lowest BCUT2D eigenvalue weighted by molar-refractivity contribution is 0.0144. The van der Waals surface area contributed by atoms with Crippen molar-refractivity contribution < 1.29 is 9.84 Å². The summed E-state index contributed by atoms with van der Waals surface area (Å²) in [4.78, 5) is 0. The van der Waals surface area contributed by atoms with Crippen LogP contribution in [0.4, 0.5) is 0 Å². The number of aliphatic hydroxyl groups is 1. The Labute approximate surface area is 66.5 Å². The van der Waals surface area contributed by atoms with Gasteiger partial charge in [-0.2, -0.15) is 0 Å². The van der Waals surface area contributed by atoms with Crippen LogP contribution < -0.4 is 11.5 Å². The van der Waals surface area contributed by atoms with Gasteiger partial charge in [-0.25, -0.2) is 0 Å². The average Bonchev–Trinajstić information content (AvgIpc) is 2.32. The zero-order valence-electron chi connectivity index (χ0n) is 6.57. The Balaban J connectivity index is 2.30. The number of hydrogen-bond acceptors (Lipinski definition) is 4. The van der Waals surface area contributed by atoms with Crippen LogP contribution in [0.25, 0.3) is 0 Å². The zero-order chi connectivity index (χ0) is 8.27. The molecule has 1 fully saturated rings. The quantitative estimate of drug-likeness (QED) is 0.485. The summed E-state index contributed by atoms with van der Waals surface area (Å²) in [5.41, 5.74) is 10.7. The number of aliphatic hydroxyl groups excluding tert-OH is 1. The first-order valence-corrected chi connectivity index (χ1v) is 4.01. The van der Waals surface area contributed by atoms with Crippen molar-refractivity contribution in [1.82, 2.24) is 0 Å². The Hall–Kier alpha value is -0.160. The summed E-state index contributed by atoms with van der Waals surface area (Å²) >= 11 is 0. The molecule has 11 heavy (non-hydrogen) atoms. The summed E-state index contributed by atoms with van der Waals surface area (Å²) in [6.07, 6.45) is 1.04. The molecule has 4 nitrogen and oxygen atoms in total. The van der Waals surface area contributed by atoms with Crippen molar-refractivity contribution in [2.75, 3.05) is 13.1 Å². The maximum atomic E-state index is 9.34. The van der Waals surface area contributed by atoms with Crippen LogP contribution in [0.3, 0.4) is 0 Å². The fraction of sp³-hybridized carbons (Fsp3) is 1.00. The monoisotopic (exact) mass is 160 g/mol. The van der Waals surface area contributed by atoms with Crippen LogP contribution in [0.2, 0.25) is 0 Å². The van der Waals surface area contributed by atoms with Crippen molar-refractivity contribution in [2.24, 2.45) is 11.5 Å². The molecular weight excluding hydrogens is 144 g/mol. The summed E-state index contributed by atoms with van der Waals surface area (Å²) in [5, 5.41) is 9.34. The van der Waals surface area contributed by atoms with Crippen LogP contribution in [-0.4, -0.2) is 36.5 Å². The fourth-order valence-electron chi connectivity index (χ4n) is 1.40. The normalized spacial score (nSPS) is 37.9. The van der Waals surface area contributed by atoms with Gasteiger partial charge >= 0.3 is 0 Å². The molecule has 0 radical (unpaired) electrons. The molecule has 1 saturated heterocycles. The molecule has 0 saturated carbocycles. The van der Waals surface area contributed by atoms with Gasteiger partial charge in [-0.15, -0.1) is 0 Å². The first-order valence-electron chi connectivity index (χ1n) is 4.01. The van der Waals surface area contributed by atoms with Gasteiger partial charge in [-0.3, -0.25) is 0 Å². The molecule has 0 bridgehead atoms. The fourth-order valence-corrected chi connectivity index (χ4v) is 1.40. The third-order valence-corrected chi connectivity index (χ3v) is 2.02. The van der Waals surface area contributed by atoms with Gasteiger partial charge in [0.2, 0.25) is 0 Å². The lowest BCUT2D eigenvalue weighted by Crippen LogP contribution is -2.29. The predicted molar refractivity (Wildman–Crippen MR) is 42.0 cm³/mol. The van der Waals surface area contributed by atoms with E-state index < -0.39 is 6.10 Å². The number of nitrogens with two attached hydrogens (primary N) is 2. The van der Waals surface area contributed by atoms with Gasteiger partial charge < -0.3 is 21.3 Å². The molecule has 0 aromatic heterocycles. The number of hydrogen-bond donors (Lipinski definition) is 3. The van der Waals surface area contributed by atoms with E-state index in [-0.39, 0.29) is 12.2 Å². The van der Waals surface area contributed by atoms with E-state index in [0.29, 0.717) is 19.5 Å². The highest BCUT2D eigenvalue weighted by molar-refractivity contribution is 4.82. The highest BCUT2D eigenvalue weighted by Crippen LogP contribution is 2.21. The molecule has 1 aliphatic heterocycles. The van der Waals surface area contributed by atoms with Crippen molar-refractivity contribution in [3.8, 4) is 0 Å². The van der Waals surface area contributed by atoms with E-state index in [0.717, 1.165) is 6.42 Å². The first kappa shape index (κ1) is 8.93. The van der Waals surface area contributed by atoms with Crippen molar-refractivity contribution in [3.63, 3.8) is 0 Å². The summed E-state index contributed by atoms with van der Waals surface area (Å²) in [6, 6.07) is 0. The molecule has 3 atom stereocenters. The van der Waals surface area contributed by atoms with Crippen LogP contribution >= 0.6 is 0 Å². The molecule has 0 aromatic rings. The number of ether oxygens (including phenoxy) is 1. The van der Waals surface area contributed by atoms with E-state index in [4.69, 9.17) is 16.2 Å².